The number of rotatable bonds is 2. The van der Waals surface area contributed by atoms with Gasteiger partial charge in [0, 0.05) is 22.0 Å². The minimum Gasteiger partial charge on any atom is -0.296 e. The summed E-state index contributed by atoms with van der Waals surface area (Å²) in [5.41, 5.74) is 0.763. The first-order valence-corrected chi connectivity index (χ1v) is 6.83. The van der Waals surface area contributed by atoms with Gasteiger partial charge >= 0.3 is 0 Å². The van der Waals surface area contributed by atoms with Gasteiger partial charge in [-0.25, -0.2) is 24.3 Å². The monoisotopic (exact) mass is 322 g/mol. The van der Waals surface area contributed by atoms with Crippen LogP contribution in [0.1, 0.15) is 10.4 Å². The molecule has 3 rings (SSSR count). The van der Waals surface area contributed by atoms with Crippen LogP contribution in [0, 0.1) is 0 Å². The molecule has 0 N–H and O–H groups in total. The normalized spacial score (nSPS) is 9.00. The summed E-state index contributed by atoms with van der Waals surface area (Å²) in [6.45, 7) is 0. The van der Waals surface area contributed by atoms with Crippen LogP contribution in [0.4, 0.5) is 0 Å². The van der Waals surface area contributed by atoms with Gasteiger partial charge in [-0.15, -0.1) is 0 Å². The third-order valence-corrected chi connectivity index (χ3v) is 3.34. The summed E-state index contributed by atoms with van der Waals surface area (Å²) >= 11 is 1.26. The van der Waals surface area contributed by atoms with Gasteiger partial charge in [0.25, 0.3) is 0 Å². The first-order valence-electron chi connectivity index (χ1n) is 6.02. The summed E-state index contributed by atoms with van der Waals surface area (Å²) in [6.07, 6.45) is 0. The Balaban J connectivity index is 0.000000283. The molecule has 3 aromatic carbocycles. The molecule has 104 valence electrons. The molecule has 0 fully saturated rings. The average molecular weight is 322 g/mol. The van der Waals surface area contributed by atoms with Gasteiger partial charge < -0.3 is 0 Å². The minimum absolute atomic E-state index is 0. The topological polar surface area (TPSA) is 17.1 Å². The van der Waals surface area contributed by atoms with Crippen molar-refractivity contribution in [3.05, 3.63) is 90.5 Å². The molecule has 0 heterocycles. The maximum atomic E-state index is 11.6. The number of hydrogen-bond acceptors (Lipinski definition) is 2. The quantitative estimate of drug-likeness (QED) is 0.385. The summed E-state index contributed by atoms with van der Waals surface area (Å²) in [7, 11) is 0. The number of carbonyl (C=O) groups excluding carboxylic acids is 1. The Morgan fingerprint density at radius 3 is 2.00 bits per heavy atom. The van der Waals surface area contributed by atoms with Gasteiger partial charge in [0.1, 0.15) is 0 Å². The van der Waals surface area contributed by atoms with E-state index in [1.165, 1.54) is 11.8 Å². The molecule has 0 unspecified atom stereocenters. The Bertz CT molecular complexity index is 554. The van der Waals surface area contributed by atoms with Crippen LogP contribution in [0.3, 0.4) is 0 Å². The van der Waals surface area contributed by atoms with E-state index in [1.54, 1.807) is 0 Å². The molecule has 0 bridgehead atoms. The van der Waals surface area contributed by atoms with Crippen molar-refractivity contribution in [2.75, 3.05) is 0 Å². The fourth-order valence-electron chi connectivity index (χ4n) is 1.49. The zero-order chi connectivity index (χ0) is 13.3. The van der Waals surface area contributed by atoms with E-state index in [0.717, 1.165) is 10.5 Å². The van der Waals surface area contributed by atoms with Crippen molar-refractivity contribution in [3.8, 4) is 0 Å². The van der Waals surface area contributed by atoms with Crippen molar-refractivity contribution < 1.29 is 21.9 Å². The van der Waals surface area contributed by atoms with E-state index >= 15 is 0 Å². The van der Waals surface area contributed by atoms with Crippen LogP contribution in [0.2, 0.25) is 0 Å². The maximum absolute atomic E-state index is 11.6. The number of thioether (sulfide) groups is 1. The van der Waals surface area contributed by atoms with Crippen LogP contribution in [0.15, 0.2) is 89.8 Å². The van der Waals surface area contributed by atoms with E-state index in [-0.39, 0.29) is 22.2 Å². The molecule has 0 amide bonds. The molecule has 0 aliphatic rings. The summed E-state index contributed by atoms with van der Waals surface area (Å²) < 4.78 is 0. The largest absolute Gasteiger partial charge is 0.296 e. The van der Waals surface area contributed by atoms with Crippen LogP contribution in [0.25, 0.3) is 0 Å². The fraction of sp³-hybridized carbons (Fsp3) is 0. The van der Waals surface area contributed by atoms with Gasteiger partial charge in [0.2, 0.25) is 0 Å². The average Bonchev–Trinajstić information content (AvgIpc) is 3.16. The molecule has 3 heteroatoms. The molecular weight excluding hydrogens is 308 g/mol. The first-order chi connectivity index (χ1) is 9.36. The molecule has 0 saturated carbocycles. The third-order valence-electron chi connectivity index (χ3n) is 2.41. The zero-order valence-corrected chi connectivity index (χ0v) is 12.7. The van der Waals surface area contributed by atoms with Crippen molar-refractivity contribution in [2.24, 2.45) is 0 Å². The predicted octanol–water partition coefficient (Wildman–Crippen LogP) is 4.74. The maximum Gasteiger partial charge on any atom is 0.169 e. The van der Waals surface area contributed by atoms with E-state index in [4.69, 9.17) is 0 Å². The standard InChI is InChI=1S/C12H9OS.C5H5.Fe/c13-12(10-6-4-5-7-10)14-11-8-2-1-3-9-11;1-2-4-5-3-1;/h1-9H;1-5H;/q2*-1;. The van der Waals surface area contributed by atoms with Crippen molar-refractivity contribution in [2.45, 2.75) is 4.90 Å². The van der Waals surface area contributed by atoms with E-state index in [9.17, 15) is 4.79 Å². The molecule has 0 aliphatic carbocycles. The molecule has 20 heavy (non-hydrogen) atoms. The number of benzene rings is 1. The van der Waals surface area contributed by atoms with Crippen LogP contribution >= 0.6 is 11.8 Å². The van der Waals surface area contributed by atoms with E-state index in [1.807, 2.05) is 84.9 Å². The summed E-state index contributed by atoms with van der Waals surface area (Å²) in [6, 6.07) is 27.1. The second kappa shape index (κ2) is 9.38. The van der Waals surface area contributed by atoms with Crippen LogP contribution in [0.5, 0.6) is 0 Å². The smallest absolute Gasteiger partial charge is 0.169 e. The Kier molecular flexibility index (Phi) is 7.74. The summed E-state index contributed by atoms with van der Waals surface area (Å²) in [5, 5.41) is 0.0983. The Labute approximate surface area is 134 Å². The zero-order valence-electron chi connectivity index (χ0n) is 10.8. The number of carbonyl (C=O) groups is 1. The molecule has 0 aliphatic heterocycles. The second-order valence-corrected chi connectivity index (χ2v) is 4.88. The Morgan fingerprint density at radius 1 is 0.900 bits per heavy atom. The van der Waals surface area contributed by atoms with Gasteiger partial charge in [-0.05, 0) is 12.1 Å². The van der Waals surface area contributed by atoms with E-state index < -0.39 is 0 Å². The van der Waals surface area contributed by atoms with Gasteiger partial charge in [-0.1, -0.05) is 35.5 Å². The molecule has 0 radical (unpaired) electrons. The molecular formula is C17H14FeOS-2. The fourth-order valence-corrected chi connectivity index (χ4v) is 2.25. The summed E-state index contributed by atoms with van der Waals surface area (Å²) in [4.78, 5) is 12.6. The van der Waals surface area contributed by atoms with Gasteiger partial charge in [-0.2, -0.15) is 30.3 Å². The SMILES string of the molecule is O=C(Sc1ccccc1)[c-]1cccc1.[Fe].c1cc[cH-]c1. The minimum atomic E-state index is 0. The Hall–Kier alpha value is -1.54. The van der Waals surface area contributed by atoms with Gasteiger partial charge in [0.05, 0.1) is 0 Å². The second-order valence-electron chi connectivity index (χ2n) is 3.84. The molecule has 0 aromatic heterocycles. The Morgan fingerprint density at radius 2 is 1.50 bits per heavy atom. The molecule has 0 atom stereocenters. The van der Waals surface area contributed by atoms with Crippen molar-refractivity contribution >= 4 is 16.9 Å². The molecule has 0 spiro atoms. The van der Waals surface area contributed by atoms with E-state index in [2.05, 4.69) is 0 Å². The van der Waals surface area contributed by atoms with Crippen molar-refractivity contribution in [1.82, 2.24) is 0 Å². The first kappa shape index (κ1) is 16.5. The van der Waals surface area contributed by atoms with E-state index in [0.29, 0.717) is 0 Å². The number of hydrogen-bond donors (Lipinski definition) is 0. The van der Waals surface area contributed by atoms with Crippen LogP contribution in [-0.4, -0.2) is 5.12 Å². The molecule has 3 aromatic rings. The van der Waals surface area contributed by atoms with Crippen molar-refractivity contribution in [1.29, 1.82) is 0 Å². The molecule has 0 saturated heterocycles. The third kappa shape index (κ3) is 5.62. The van der Waals surface area contributed by atoms with Gasteiger partial charge in [0.15, 0.2) is 5.12 Å². The van der Waals surface area contributed by atoms with Crippen LogP contribution in [-0.2, 0) is 17.1 Å². The van der Waals surface area contributed by atoms with Crippen LogP contribution < -0.4 is 0 Å². The summed E-state index contributed by atoms with van der Waals surface area (Å²) in [5.74, 6) is 0. The predicted molar refractivity (Wildman–Crippen MR) is 80.7 cm³/mol. The van der Waals surface area contributed by atoms with Crippen molar-refractivity contribution in [3.63, 3.8) is 0 Å². The molecule has 1 nitrogen and oxygen atoms in total. The van der Waals surface area contributed by atoms with Gasteiger partial charge in [-0.3, -0.25) is 4.79 Å².